The van der Waals surface area contributed by atoms with Gasteiger partial charge in [0.15, 0.2) is 0 Å². The Morgan fingerprint density at radius 3 is 2.55 bits per heavy atom. The summed E-state index contributed by atoms with van der Waals surface area (Å²) in [7, 11) is 1.77. The topological polar surface area (TPSA) is 69.5 Å². The molecule has 22 heavy (non-hydrogen) atoms. The van der Waals surface area contributed by atoms with E-state index in [9.17, 15) is 9.59 Å². The molecule has 0 saturated carbocycles. The highest BCUT2D eigenvalue weighted by atomic mass is 16.4. The third-order valence-corrected chi connectivity index (χ3v) is 4.64. The number of H-pyrrole nitrogens is 1. The fourth-order valence-electron chi connectivity index (χ4n) is 3.04. The summed E-state index contributed by atoms with van der Waals surface area (Å²) >= 11 is 0. The lowest BCUT2D eigenvalue weighted by Gasteiger charge is -2.35. The molecule has 0 aromatic carbocycles. The Bertz CT molecular complexity index is 553. The van der Waals surface area contributed by atoms with Crippen molar-refractivity contribution in [1.82, 2.24) is 14.8 Å². The van der Waals surface area contributed by atoms with Gasteiger partial charge in [0.1, 0.15) is 11.5 Å². The number of rotatable bonds is 5. The molecule has 2 rings (SSSR count). The van der Waals surface area contributed by atoms with E-state index in [1.54, 1.807) is 18.9 Å². The minimum absolute atomic E-state index is 0.178. The standard InChI is InChI=1S/C16H27N3O3/c1-11(2)19-9-6-13(7-10-19)5-8-18(4)15(20)14-12(3)22-16(21)17-14/h11,13H,5-10H2,1-4H3,(H,17,21). The lowest BCUT2D eigenvalue weighted by Crippen LogP contribution is -2.39. The maximum atomic E-state index is 12.3. The number of hydrogen-bond acceptors (Lipinski definition) is 4. The van der Waals surface area contributed by atoms with Crippen LogP contribution in [-0.2, 0) is 0 Å². The number of nitrogens with zero attached hydrogens (tertiary/aromatic N) is 2. The van der Waals surface area contributed by atoms with Gasteiger partial charge in [-0.3, -0.25) is 9.78 Å². The van der Waals surface area contributed by atoms with Crippen LogP contribution in [0.3, 0.4) is 0 Å². The van der Waals surface area contributed by atoms with Crippen molar-refractivity contribution in [3.63, 3.8) is 0 Å². The molecule has 6 nitrogen and oxygen atoms in total. The van der Waals surface area contributed by atoms with Crippen LogP contribution in [-0.4, -0.2) is 53.4 Å². The van der Waals surface area contributed by atoms with Gasteiger partial charge >= 0.3 is 5.76 Å². The van der Waals surface area contributed by atoms with E-state index in [1.807, 2.05) is 0 Å². The van der Waals surface area contributed by atoms with Crippen molar-refractivity contribution >= 4 is 5.91 Å². The molecular weight excluding hydrogens is 282 g/mol. The van der Waals surface area contributed by atoms with E-state index in [0.29, 0.717) is 24.3 Å². The van der Waals surface area contributed by atoms with Crippen LogP contribution in [0.1, 0.15) is 49.4 Å². The van der Waals surface area contributed by atoms with E-state index in [2.05, 4.69) is 23.7 Å². The second-order valence-electron chi connectivity index (χ2n) is 6.53. The third kappa shape index (κ3) is 4.00. The first-order chi connectivity index (χ1) is 10.4. The number of nitrogens with one attached hydrogen (secondary N) is 1. The molecule has 0 spiro atoms. The number of carbonyl (C=O) groups is 1. The Hall–Kier alpha value is -1.56. The zero-order chi connectivity index (χ0) is 16.3. The second-order valence-corrected chi connectivity index (χ2v) is 6.53. The van der Waals surface area contributed by atoms with Crippen molar-refractivity contribution in [2.45, 2.75) is 46.1 Å². The van der Waals surface area contributed by atoms with E-state index >= 15 is 0 Å². The van der Waals surface area contributed by atoms with Gasteiger partial charge in [-0.15, -0.1) is 0 Å². The van der Waals surface area contributed by atoms with Gasteiger partial charge in [0.2, 0.25) is 0 Å². The SMILES string of the molecule is Cc1oc(=O)[nH]c1C(=O)N(C)CCC1CCN(C(C)C)CC1. The number of carbonyl (C=O) groups excluding carboxylic acids is 1. The number of amides is 1. The maximum Gasteiger partial charge on any atom is 0.417 e. The molecule has 1 aromatic rings. The zero-order valence-corrected chi connectivity index (χ0v) is 14.0. The Balaban J connectivity index is 1.81. The quantitative estimate of drug-likeness (QED) is 0.901. The molecule has 0 atom stereocenters. The highest BCUT2D eigenvalue weighted by Gasteiger charge is 2.23. The molecule has 1 aromatic heterocycles. The van der Waals surface area contributed by atoms with Crippen molar-refractivity contribution in [3.05, 3.63) is 22.0 Å². The van der Waals surface area contributed by atoms with Gasteiger partial charge in [0.25, 0.3) is 5.91 Å². The van der Waals surface area contributed by atoms with Crippen LogP contribution in [0, 0.1) is 12.8 Å². The Kier molecular flexibility index (Phi) is 5.45. The fraction of sp³-hybridized carbons (Fsp3) is 0.750. The van der Waals surface area contributed by atoms with E-state index in [1.165, 1.54) is 12.8 Å². The summed E-state index contributed by atoms with van der Waals surface area (Å²) in [6, 6.07) is 0.617. The Morgan fingerprint density at radius 2 is 2.05 bits per heavy atom. The summed E-state index contributed by atoms with van der Waals surface area (Å²) in [5.41, 5.74) is 0.266. The molecule has 1 saturated heterocycles. The van der Waals surface area contributed by atoms with E-state index < -0.39 is 5.76 Å². The lowest BCUT2D eigenvalue weighted by atomic mass is 9.92. The molecule has 0 bridgehead atoms. The summed E-state index contributed by atoms with van der Waals surface area (Å²) in [4.78, 5) is 30.0. The van der Waals surface area contributed by atoms with E-state index in [0.717, 1.165) is 19.5 Å². The summed E-state index contributed by atoms with van der Waals surface area (Å²) in [6.07, 6.45) is 3.40. The summed E-state index contributed by atoms with van der Waals surface area (Å²) in [5.74, 6) is 0.278. The van der Waals surface area contributed by atoms with Gasteiger partial charge in [0.05, 0.1) is 0 Å². The zero-order valence-electron chi connectivity index (χ0n) is 14.0. The van der Waals surface area contributed by atoms with Crippen LogP contribution in [0.25, 0.3) is 0 Å². The van der Waals surface area contributed by atoms with Gasteiger partial charge in [-0.05, 0) is 59.0 Å². The van der Waals surface area contributed by atoms with Crippen LogP contribution in [0.4, 0.5) is 0 Å². The largest absolute Gasteiger partial charge is 0.417 e. The number of hydrogen-bond donors (Lipinski definition) is 1. The van der Waals surface area contributed by atoms with Crippen molar-refractivity contribution in [1.29, 1.82) is 0 Å². The van der Waals surface area contributed by atoms with Gasteiger partial charge in [-0.25, -0.2) is 4.79 Å². The predicted octanol–water partition coefficient (Wildman–Crippen LogP) is 1.86. The molecule has 6 heteroatoms. The minimum atomic E-state index is -0.574. The summed E-state index contributed by atoms with van der Waals surface area (Å²) in [6.45, 7) is 9.10. The molecule has 1 amide bonds. The molecule has 1 aliphatic heterocycles. The predicted molar refractivity (Wildman–Crippen MR) is 85.1 cm³/mol. The van der Waals surface area contributed by atoms with Gasteiger partial charge in [0, 0.05) is 19.6 Å². The van der Waals surface area contributed by atoms with Crippen LogP contribution in [0.15, 0.2) is 9.21 Å². The number of aryl methyl sites for hydroxylation is 1. The van der Waals surface area contributed by atoms with Crippen LogP contribution in [0.5, 0.6) is 0 Å². The molecule has 1 fully saturated rings. The van der Waals surface area contributed by atoms with Gasteiger partial charge in [-0.2, -0.15) is 0 Å². The maximum absolute atomic E-state index is 12.3. The molecule has 1 N–H and O–H groups in total. The molecule has 0 unspecified atom stereocenters. The molecule has 124 valence electrons. The highest BCUT2D eigenvalue weighted by Crippen LogP contribution is 2.22. The molecular formula is C16H27N3O3. The summed E-state index contributed by atoms with van der Waals surface area (Å²) < 4.78 is 4.85. The van der Waals surface area contributed by atoms with Crippen LogP contribution < -0.4 is 5.76 Å². The Labute approximate surface area is 131 Å². The number of oxazole rings is 1. The van der Waals surface area contributed by atoms with Crippen LogP contribution >= 0.6 is 0 Å². The molecule has 2 heterocycles. The summed E-state index contributed by atoms with van der Waals surface area (Å²) in [5, 5.41) is 0. The highest BCUT2D eigenvalue weighted by molar-refractivity contribution is 5.92. The van der Waals surface area contributed by atoms with Gasteiger partial charge < -0.3 is 14.2 Å². The van der Waals surface area contributed by atoms with Crippen LogP contribution in [0.2, 0.25) is 0 Å². The average molecular weight is 309 g/mol. The molecule has 0 radical (unpaired) electrons. The third-order valence-electron chi connectivity index (χ3n) is 4.64. The van der Waals surface area contributed by atoms with Crippen molar-refractivity contribution in [3.8, 4) is 0 Å². The Morgan fingerprint density at radius 1 is 1.41 bits per heavy atom. The second kappa shape index (κ2) is 7.13. The average Bonchev–Trinajstić information content (AvgIpc) is 2.83. The number of aromatic amines is 1. The number of likely N-dealkylation sites (tertiary alicyclic amines) is 1. The first-order valence-corrected chi connectivity index (χ1v) is 8.07. The number of aromatic nitrogens is 1. The van der Waals surface area contributed by atoms with Crippen molar-refractivity contribution in [2.75, 3.05) is 26.7 Å². The normalized spacial score (nSPS) is 17.1. The monoisotopic (exact) mass is 309 g/mol. The van der Waals surface area contributed by atoms with Crippen molar-refractivity contribution in [2.24, 2.45) is 5.92 Å². The number of piperidine rings is 1. The smallest absolute Gasteiger partial charge is 0.413 e. The first kappa shape index (κ1) is 16.8. The van der Waals surface area contributed by atoms with Gasteiger partial charge in [-0.1, -0.05) is 0 Å². The first-order valence-electron chi connectivity index (χ1n) is 8.07. The fourth-order valence-corrected chi connectivity index (χ4v) is 3.04. The molecule has 0 aliphatic carbocycles. The lowest BCUT2D eigenvalue weighted by molar-refractivity contribution is 0.0767. The van der Waals surface area contributed by atoms with E-state index in [-0.39, 0.29) is 11.6 Å². The van der Waals surface area contributed by atoms with Crippen molar-refractivity contribution < 1.29 is 9.21 Å². The minimum Gasteiger partial charge on any atom is -0.413 e. The van der Waals surface area contributed by atoms with E-state index in [4.69, 9.17) is 4.42 Å². The molecule has 1 aliphatic rings.